The summed E-state index contributed by atoms with van der Waals surface area (Å²) < 4.78 is 13.4. The van der Waals surface area contributed by atoms with Crippen molar-refractivity contribution in [3.63, 3.8) is 0 Å². The molecule has 0 saturated carbocycles. The molecule has 100 valence electrons. The smallest absolute Gasteiger partial charge is 0.123 e. The third-order valence-corrected chi connectivity index (χ3v) is 4.43. The number of hydrogen-bond donors (Lipinski definition) is 0. The molecule has 1 saturated heterocycles. The Hall–Kier alpha value is -1.26. The largest absolute Gasteiger partial charge is 0.290 e. The van der Waals surface area contributed by atoms with E-state index >= 15 is 0 Å². The second-order valence-electron chi connectivity index (χ2n) is 4.96. The summed E-state index contributed by atoms with van der Waals surface area (Å²) in [6.07, 6.45) is 5.39. The van der Waals surface area contributed by atoms with Gasteiger partial charge in [-0.1, -0.05) is 18.6 Å². The summed E-state index contributed by atoms with van der Waals surface area (Å²) in [5.74, 6) is -0.141. The topological polar surface area (TPSA) is 16.1 Å². The molecule has 0 N–H and O–H groups in total. The Morgan fingerprint density at radius 1 is 1.37 bits per heavy atom. The summed E-state index contributed by atoms with van der Waals surface area (Å²) in [7, 11) is 0. The summed E-state index contributed by atoms with van der Waals surface area (Å²) in [5, 5.41) is 3.15. The quantitative estimate of drug-likeness (QED) is 0.842. The van der Waals surface area contributed by atoms with Gasteiger partial charge >= 0.3 is 0 Å². The van der Waals surface area contributed by atoms with Crippen LogP contribution in [0.3, 0.4) is 0 Å². The van der Waals surface area contributed by atoms with Crippen LogP contribution in [0, 0.1) is 5.82 Å². The zero-order chi connectivity index (χ0) is 13.1. The molecule has 0 unspecified atom stereocenters. The van der Waals surface area contributed by atoms with Gasteiger partial charge in [0.25, 0.3) is 0 Å². The fourth-order valence-corrected chi connectivity index (χ4v) is 3.42. The number of piperidine rings is 1. The molecular weight excluding hydrogens is 259 g/mol. The maximum atomic E-state index is 13.4. The Balaban J connectivity index is 1.80. The predicted octanol–water partition coefficient (Wildman–Crippen LogP) is 4.01. The van der Waals surface area contributed by atoms with Crippen molar-refractivity contribution < 1.29 is 4.39 Å². The zero-order valence-electron chi connectivity index (χ0n) is 10.8. The van der Waals surface area contributed by atoms with Crippen LogP contribution in [0.25, 0.3) is 0 Å². The highest BCUT2D eigenvalue weighted by Crippen LogP contribution is 2.32. The van der Waals surface area contributed by atoms with Crippen molar-refractivity contribution >= 4 is 11.3 Å². The lowest BCUT2D eigenvalue weighted by molar-refractivity contribution is 0.140. The lowest BCUT2D eigenvalue weighted by atomic mass is 9.95. The first-order chi connectivity index (χ1) is 9.33. The standard InChI is InChI=1S/C15H17FN2S/c16-13-5-3-4-12(10-13)14-6-1-2-8-18(14)11-15-17-7-9-19-15/h3-5,7,9-10,14H,1-2,6,8,11H2/t14-/m1/s1. The van der Waals surface area contributed by atoms with Crippen LogP contribution in [-0.2, 0) is 6.54 Å². The van der Waals surface area contributed by atoms with E-state index in [1.807, 2.05) is 17.6 Å². The average Bonchev–Trinajstić information content (AvgIpc) is 2.92. The van der Waals surface area contributed by atoms with Gasteiger partial charge in [-0.3, -0.25) is 4.90 Å². The number of halogens is 1. The minimum absolute atomic E-state index is 0.141. The Kier molecular flexibility index (Phi) is 3.89. The molecule has 3 rings (SSSR count). The molecule has 0 bridgehead atoms. The number of aromatic nitrogens is 1. The van der Waals surface area contributed by atoms with Gasteiger partial charge in [0.2, 0.25) is 0 Å². The Labute approximate surface area is 116 Å². The minimum Gasteiger partial charge on any atom is -0.290 e. The van der Waals surface area contributed by atoms with E-state index in [0.717, 1.165) is 30.1 Å². The molecule has 2 aromatic rings. The van der Waals surface area contributed by atoms with Crippen molar-refractivity contribution in [3.8, 4) is 0 Å². The SMILES string of the molecule is Fc1cccc([C@H]2CCCCN2Cc2nccs2)c1. The van der Waals surface area contributed by atoms with Gasteiger partial charge in [-0.25, -0.2) is 9.37 Å². The highest BCUT2D eigenvalue weighted by atomic mass is 32.1. The lowest BCUT2D eigenvalue weighted by Gasteiger charge is -2.35. The molecular formula is C15H17FN2S. The maximum Gasteiger partial charge on any atom is 0.123 e. The lowest BCUT2D eigenvalue weighted by Crippen LogP contribution is -2.32. The Morgan fingerprint density at radius 3 is 3.11 bits per heavy atom. The van der Waals surface area contributed by atoms with Crippen LogP contribution >= 0.6 is 11.3 Å². The number of nitrogens with zero attached hydrogens (tertiary/aromatic N) is 2. The van der Waals surface area contributed by atoms with Crippen LogP contribution in [0.2, 0.25) is 0 Å². The minimum atomic E-state index is -0.141. The Bertz CT molecular complexity index is 527. The third-order valence-electron chi connectivity index (χ3n) is 3.67. The highest BCUT2D eigenvalue weighted by molar-refractivity contribution is 7.09. The van der Waals surface area contributed by atoms with Crippen molar-refractivity contribution in [2.45, 2.75) is 31.8 Å². The molecule has 4 heteroatoms. The number of benzene rings is 1. The second-order valence-corrected chi connectivity index (χ2v) is 5.94. The zero-order valence-corrected chi connectivity index (χ0v) is 11.6. The number of thiazole rings is 1. The molecule has 0 radical (unpaired) electrons. The number of rotatable bonds is 3. The van der Waals surface area contributed by atoms with Gasteiger partial charge in [-0.05, 0) is 37.1 Å². The van der Waals surface area contributed by atoms with Crippen molar-refractivity contribution in [2.24, 2.45) is 0 Å². The molecule has 2 nitrogen and oxygen atoms in total. The fourth-order valence-electron chi connectivity index (χ4n) is 2.78. The first-order valence-corrected chi connectivity index (χ1v) is 7.59. The van der Waals surface area contributed by atoms with Gasteiger partial charge in [0, 0.05) is 17.6 Å². The molecule has 1 fully saturated rings. The summed E-state index contributed by atoms with van der Waals surface area (Å²) in [6, 6.07) is 7.35. The first kappa shape index (κ1) is 12.8. The molecule has 0 amide bonds. The second kappa shape index (κ2) is 5.80. The molecule has 19 heavy (non-hydrogen) atoms. The summed E-state index contributed by atoms with van der Waals surface area (Å²) >= 11 is 1.69. The van der Waals surface area contributed by atoms with Gasteiger partial charge in [-0.15, -0.1) is 11.3 Å². The summed E-state index contributed by atoms with van der Waals surface area (Å²) in [5.41, 5.74) is 1.09. The average molecular weight is 276 g/mol. The van der Waals surface area contributed by atoms with Crippen LogP contribution in [-0.4, -0.2) is 16.4 Å². The molecule has 2 heterocycles. The molecule has 1 atom stereocenters. The highest BCUT2D eigenvalue weighted by Gasteiger charge is 2.24. The van der Waals surface area contributed by atoms with Gasteiger partial charge < -0.3 is 0 Å². The van der Waals surface area contributed by atoms with Crippen LogP contribution in [0.4, 0.5) is 4.39 Å². The molecule has 0 spiro atoms. The van der Waals surface area contributed by atoms with E-state index in [1.165, 1.54) is 18.9 Å². The molecule has 0 aliphatic carbocycles. The van der Waals surface area contributed by atoms with Gasteiger partial charge in [-0.2, -0.15) is 0 Å². The van der Waals surface area contributed by atoms with E-state index in [4.69, 9.17) is 0 Å². The summed E-state index contributed by atoms with van der Waals surface area (Å²) in [4.78, 5) is 6.79. The monoisotopic (exact) mass is 276 g/mol. The van der Waals surface area contributed by atoms with E-state index in [0.29, 0.717) is 6.04 Å². The van der Waals surface area contributed by atoms with E-state index in [2.05, 4.69) is 9.88 Å². The Morgan fingerprint density at radius 2 is 2.32 bits per heavy atom. The van der Waals surface area contributed by atoms with E-state index < -0.39 is 0 Å². The van der Waals surface area contributed by atoms with Gasteiger partial charge in [0.15, 0.2) is 0 Å². The number of likely N-dealkylation sites (tertiary alicyclic amines) is 1. The van der Waals surface area contributed by atoms with E-state index in [-0.39, 0.29) is 5.82 Å². The van der Waals surface area contributed by atoms with Crippen LogP contribution in [0.1, 0.15) is 35.9 Å². The van der Waals surface area contributed by atoms with Crippen LogP contribution in [0.15, 0.2) is 35.8 Å². The molecule has 1 aliphatic rings. The number of hydrogen-bond acceptors (Lipinski definition) is 3. The predicted molar refractivity (Wildman–Crippen MR) is 75.5 cm³/mol. The molecule has 1 aromatic heterocycles. The van der Waals surface area contributed by atoms with Crippen molar-refractivity contribution in [3.05, 3.63) is 52.2 Å². The third kappa shape index (κ3) is 3.01. The van der Waals surface area contributed by atoms with Crippen molar-refractivity contribution in [1.29, 1.82) is 0 Å². The normalized spacial score (nSPS) is 20.6. The molecule has 1 aliphatic heterocycles. The maximum absolute atomic E-state index is 13.4. The fraction of sp³-hybridized carbons (Fsp3) is 0.400. The van der Waals surface area contributed by atoms with Crippen LogP contribution < -0.4 is 0 Å². The van der Waals surface area contributed by atoms with E-state index in [1.54, 1.807) is 23.5 Å². The summed E-state index contributed by atoms with van der Waals surface area (Å²) in [6.45, 7) is 1.94. The van der Waals surface area contributed by atoms with E-state index in [9.17, 15) is 4.39 Å². The first-order valence-electron chi connectivity index (χ1n) is 6.71. The molecule has 1 aromatic carbocycles. The van der Waals surface area contributed by atoms with Crippen molar-refractivity contribution in [1.82, 2.24) is 9.88 Å². The van der Waals surface area contributed by atoms with Gasteiger partial charge in [0.1, 0.15) is 10.8 Å². The van der Waals surface area contributed by atoms with Crippen molar-refractivity contribution in [2.75, 3.05) is 6.54 Å². The van der Waals surface area contributed by atoms with Crippen LogP contribution in [0.5, 0.6) is 0 Å². The van der Waals surface area contributed by atoms with Gasteiger partial charge in [0.05, 0.1) is 6.54 Å².